The van der Waals surface area contributed by atoms with Crippen LogP contribution in [0.15, 0.2) is 35.5 Å². The van der Waals surface area contributed by atoms with Crippen molar-refractivity contribution in [1.82, 2.24) is 10.2 Å². The summed E-state index contributed by atoms with van der Waals surface area (Å²) in [5, 5.41) is 3.03. The number of halogens is 3. The number of ether oxygens (including phenoxy) is 2. The minimum Gasteiger partial charge on any atom is -0.460 e. The predicted molar refractivity (Wildman–Crippen MR) is 93.2 cm³/mol. The van der Waals surface area contributed by atoms with Crippen molar-refractivity contribution in [3.63, 3.8) is 0 Å². The molecule has 0 aliphatic carbocycles. The van der Waals surface area contributed by atoms with Gasteiger partial charge in [-0.3, -0.25) is 0 Å². The van der Waals surface area contributed by atoms with E-state index in [9.17, 15) is 18.0 Å². The lowest BCUT2D eigenvalue weighted by Gasteiger charge is -2.36. The number of thiocarbonyl (C=S) groups is 1. The Morgan fingerprint density at radius 1 is 1.31 bits per heavy atom. The second kappa shape index (κ2) is 8.05. The third-order valence-electron chi connectivity index (χ3n) is 4.07. The van der Waals surface area contributed by atoms with E-state index in [2.05, 4.69) is 5.32 Å². The lowest BCUT2D eigenvalue weighted by Crippen LogP contribution is -2.46. The Balaban J connectivity index is 2.52. The second-order valence-electron chi connectivity index (χ2n) is 5.65. The maximum Gasteiger partial charge on any atom is 0.416 e. The van der Waals surface area contributed by atoms with Crippen molar-refractivity contribution in [2.75, 3.05) is 27.4 Å². The normalized spacial score (nSPS) is 18.0. The van der Waals surface area contributed by atoms with Gasteiger partial charge in [0.25, 0.3) is 0 Å². The van der Waals surface area contributed by atoms with Gasteiger partial charge in [-0.2, -0.15) is 13.2 Å². The van der Waals surface area contributed by atoms with Gasteiger partial charge in [0.15, 0.2) is 5.11 Å². The smallest absolute Gasteiger partial charge is 0.416 e. The number of nitrogens with zero attached hydrogens (tertiary/aromatic N) is 1. The topological polar surface area (TPSA) is 50.8 Å². The first-order valence-electron chi connectivity index (χ1n) is 7.75. The molecule has 1 N–H and O–H groups in total. The predicted octanol–water partition coefficient (Wildman–Crippen LogP) is 3.03. The number of alkyl halides is 3. The van der Waals surface area contributed by atoms with Crippen LogP contribution in [0.2, 0.25) is 0 Å². The SMILES string of the molecule is COCCOC(=O)C1=C(C)N(C)C(=S)N[C@@H]1c1ccccc1C(F)(F)F. The number of carbonyl (C=O) groups excluding carboxylic acids is 1. The molecule has 9 heteroatoms. The summed E-state index contributed by atoms with van der Waals surface area (Å²) in [5.41, 5.74) is -0.416. The first-order chi connectivity index (χ1) is 12.2. The Kier molecular flexibility index (Phi) is 6.25. The number of nitrogens with one attached hydrogen (secondary N) is 1. The molecule has 0 aromatic heterocycles. The van der Waals surface area contributed by atoms with E-state index in [1.54, 1.807) is 14.0 Å². The van der Waals surface area contributed by atoms with Gasteiger partial charge in [-0.1, -0.05) is 18.2 Å². The Bertz CT molecular complexity index is 734. The summed E-state index contributed by atoms with van der Waals surface area (Å²) in [5.74, 6) is -0.719. The number of benzene rings is 1. The molecule has 1 aromatic rings. The van der Waals surface area contributed by atoms with Crippen LogP contribution in [0.1, 0.15) is 24.1 Å². The molecule has 0 bridgehead atoms. The van der Waals surface area contributed by atoms with Crippen molar-refractivity contribution in [3.8, 4) is 0 Å². The molecule has 1 heterocycles. The van der Waals surface area contributed by atoms with Crippen LogP contribution in [-0.2, 0) is 20.4 Å². The fourth-order valence-electron chi connectivity index (χ4n) is 2.64. The van der Waals surface area contributed by atoms with Gasteiger partial charge in [0.05, 0.1) is 23.8 Å². The van der Waals surface area contributed by atoms with Gasteiger partial charge in [0.1, 0.15) is 6.61 Å². The molecule has 1 atom stereocenters. The number of allylic oxidation sites excluding steroid dienone is 1. The molecule has 0 spiro atoms. The Labute approximate surface area is 154 Å². The van der Waals surface area contributed by atoms with Gasteiger partial charge in [-0.05, 0) is 30.8 Å². The average molecular weight is 388 g/mol. The van der Waals surface area contributed by atoms with Crippen LogP contribution in [0, 0.1) is 0 Å². The molecule has 0 saturated carbocycles. The standard InChI is InChI=1S/C17H19F3N2O3S/c1-10-13(15(23)25-9-8-24-3)14(21-16(26)22(10)2)11-6-4-5-7-12(11)17(18,19)20/h4-7,14H,8-9H2,1-3H3,(H,21,26)/t14-/m1/s1. The van der Waals surface area contributed by atoms with E-state index in [0.717, 1.165) is 6.07 Å². The molecule has 5 nitrogen and oxygen atoms in total. The quantitative estimate of drug-likeness (QED) is 0.475. The zero-order chi connectivity index (χ0) is 19.5. The maximum atomic E-state index is 13.4. The molecular weight excluding hydrogens is 369 g/mol. The summed E-state index contributed by atoms with van der Waals surface area (Å²) in [4.78, 5) is 14.1. The zero-order valence-corrected chi connectivity index (χ0v) is 15.3. The lowest BCUT2D eigenvalue weighted by atomic mass is 9.91. The van der Waals surface area contributed by atoms with E-state index in [4.69, 9.17) is 21.7 Å². The molecule has 142 valence electrons. The monoisotopic (exact) mass is 388 g/mol. The average Bonchev–Trinajstić information content (AvgIpc) is 2.58. The van der Waals surface area contributed by atoms with Crippen LogP contribution in [0.4, 0.5) is 13.2 Å². The largest absolute Gasteiger partial charge is 0.460 e. The minimum atomic E-state index is -4.57. The van der Waals surface area contributed by atoms with Crippen molar-refractivity contribution in [1.29, 1.82) is 0 Å². The van der Waals surface area contributed by atoms with Crippen molar-refractivity contribution < 1.29 is 27.4 Å². The van der Waals surface area contributed by atoms with E-state index in [1.807, 2.05) is 0 Å². The van der Waals surface area contributed by atoms with Crippen LogP contribution in [-0.4, -0.2) is 43.4 Å². The molecule has 0 amide bonds. The van der Waals surface area contributed by atoms with E-state index in [-0.39, 0.29) is 29.5 Å². The Morgan fingerprint density at radius 3 is 2.58 bits per heavy atom. The molecule has 0 fully saturated rings. The molecular formula is C17H19F3N2O3S. The lowest BCUT2D eigenvalue weighted by molar-refractivity contribution is -0.142. The van der Waals surface area contributed by atoms with Gasteiger partial charge in [-0.15, -0.1) is 0 Å². The van der Waals surface area contributed by atoms with Crippen LogP contribution in [0.25, 0.3) is 0 Å². The summed E-state index contributed by atoms with van der Waals surface area (Å²) in [6.07, 6.45) is -4.57. The van der Waals surface area contributed by atoms with E-state index in [1.165, 1.54) is 30.2 Å². The van der Waals surface area contributed by atoms with Crippen LogP contribution in [0.3, 0.4) is 0 Å². The highest BCUT2D eigenvalue weighted by atomic mass is 32.1. The van der Waals surface area contributed by atoms with Gasteiger partial charge in [-0.25, -0.2) is 4.79 Å². The van der Waals surface area contributed by atoms with Crippen molar-refractivity contribution in [2.45, 2.75) is 19.1 Å². The summed E-state index contributed by atoms with van der Waals surface area (Å²) >= 11 is 5.19. The van der Waals surface area contributed by atoms with Gasteiger partial charge in [0, 0.05) is 19.9 Å². The zero-order valence-electron chi connectivity index (χ0n) is 14.5. The molecule has 1 aliphatic heterocycles. The third kappa shape index (κ3) is 4.16. The number of methoxy groups -OCH3 is 1. The highest BCUT2D eigenvalue weighted by Gasteiger charge is 2.40. The molecule has 1 aliphatic rings. The van der Waals surface area contributed by atoms with Crippen LogP contribution < -0.4 is 5.32 Å². The number of rotatable bonds is 5. The number of esters is 1. The third-order valence-corrected chi connectivity index (χ3v) is 4.46. The van der Waals surface area contributed by atoms with Gasteiger partial charge >= 0.3 is 12.1 Å². The van der Waals surface area contributed by atoms with Gasteiger partial charge < -0.3 is 19.7 Å². The van der Waals surface area contributed by atoms with Crippen LogP contribution >= 0.6 is 12.2 Å². The van der Waals surface area contributed by atoms with E-state index >= 15 is 0 Å². The summed E-state index contributed by atoms with van der Waals surface area (Å²) < 4.78 is 50.3. The molecule has 1 aromatic carbocycles. The summed E-state index contributed by atoms with van der Waals surface area (Å²) in [6, 6.07) is 4.02. The summed E-state index contributed by atoms with van der Waals surface area (Å²) in [7, 11) is 3.08. The minimum absolute atomic E-state index is 0.00604. The Hall–Kier alpha value is -2.13. The maximum absolute atomic E-state index is 13.4. The molecule has 2 rings (SSSR count). The molecule has 26 heavy (non-hydrogen) atoms. The van der Waals surface area contributed by atoms with E-state index < -0.39 is 23.8 Å². The molecule has 0 unspecified atom stereocenters. The van der Waals surface area contributed by atoms with Crippen LogP contribution in [0.5, 0.6) is 0 Å². The second-order valence-corrected chi connectivity index (χ2v) is 6.04. The number of carbonyl (C=O) groups is 1. The number of hydrogen-bond donors (Lipinski definition) is 1. The fraction of sp³-hybridized carbons (Fsp3) is 0.412. The van der Waals surface area contributed by atoms with Crippen molar-refractivity contribution in [3.05, 3.63) is 46.7 Å². The molecule has 0 saturated heterocycles. The first-order valence-corrected chi connectivity index (χ1v) is 8.16. The van der Waals surface area contributed by atoms with Gasteiger partial charge in [0.2, 0.25) is 0 Å². The van der Waals surface area contributed by atoms with Crippen molar-refractivity contribution in [2.24, 2.45) is 0 Å². The highest BCUT2D eigenvalue weighted by Crippen LogP contribution is 2.39. The highest BCUT2D eigenvalue weighted by molar-refractivity contribution is 7.80. The summed E-state index contributed by atoms with van der Waals surface area (Å²) in [6.45, 7) is 1.79. The molecule has 0 radical (unpaired) electrons. The fourth-order valence-corrected chi connectivity index (χ4v) is 2.89. The van der Waals surface area contributed by atoms with Crippen molar-refractivity contribution >= 4 is 23.3 Å². The van der Waals surface area contributed by atoms with E-state index in [0.29, 0.717) is 5.70 Å². The first kappa shape index (κ1) is 20.2. The number of hydrogen-bond acceptors (Lipinski definition) is 4. The Morgan fingerprint density at radius 2 is 1.96 bits per heavy atom.